The van der Waals surface area contributed by atoms with Gasteiger partial charge in [-0.1, -0.05) is 31.9 Å². The average molecular weight is 594 g/mol. The van der Waals surface area contributed by atoms with Gasteiger partial charge in [0.25, 0.3) is 0 Å². The highest BCUT2D eigenvalue weighted by molar-refractivity contribution is 6.31. The van der Waals surface area contributed by atoms with Crippen LogP contribution in [-0.2, 0) is 11.2 Å². The van der Waals surface area contributed by atoms with Crippen LogP contribution in [0.15, 0.2) is 58.4 Å². The maximum absolute atomic E-state index is 15.1. The van der Waals surface area contributed by atoms with Crippen LogP contribution in [0.1, 0.15) is 38.7 Å². The molecule has 1 unspecified atom stereocenters. The summed E-state index contributed by atoms with van der Waals surface area (Å²) in [6.45, 7) is 6.98. The Bertz CT molecular complexity index is 1630. The normalized spacial score (nSPS) is 15.5. The average Bonchev–Trinajstić information content (AvgIpc) is 3.37. The molecule has 4 aromatic rings. The second kappa shape index (κ2) is 13.0. The van der Waals surface area contributed by atoms with Gasteiger partial charge < -0.3 is 26.1 Å². The molecule has 0 bridgehead atoms. The molecule has 5 N–H and O–H groups in total. The lowest BCUT2D eigenvalue weighted by molar-refractivity contribution is 0.0369. The Kier molecular flexibility index (Phi) is 9.13. The first-order valence-corrected chi connectivity index (χ1v) is 14.7. The van der Waals surface area contributed by atoms with Gasteiger partial charge in [0.1, 0.15) is 5.65 Å². The summed E-state index contributed by atoms with van der Waals surface area (Å²) >= 11 is 6.27. The van der Waals surface area contributed by atoms with E-state index in [-0.39, 0.29) is 17.1 Å². The van der Waals surface area contributed by atoms with Crippen LogP contribution in [0.5, 0.6) is 0 Å². The Morgan fingerprint density at radius 1 is 1.21 bits per heavy atom. The predicted molar refractivity (Wildman–Crippen MR) is 167 cm³/mol. The van der Waals surface area contributed by atoms with Gasteiger partial charge >= 0.3 is 5.69 Å². The molecule has 0 aliphatic carbocycles. The van der Waals surface area contributed by atoms with Crippen molar-refractivity contribution in [2.75, 3.05) is 31.1 Å². The summed E-state index contributed by atoms with van der Waals surface area (Å²) in [5.74, 6) is 0.183. The molecule has 0 saturated carbocycles. The number of aryl methyl sites for hydroxylation is 1. The number of nitrogens with two attached hydrogens (primary N) is 2. The van der Waals surface area contributed by atoms with E-state index in [1.165, 1.54) is 4.57 Å². The van der Waals surface area contributed by atoms with Gasteiger partial charge in [-0.3, -0.25) is 9.56 Å². The number of benzene rings is 2. The Morgan fingerprint density at radius 2 is 1.98 bits per heavy atom. The number of anilines is 1. The van der Waals surface area contributed by atoms with Crippen molar-refractivity contribution in [2.45, 2.75) is 45.6 Å². The summed E-state index contributed by atoms with van der Waals surface area (Å²) in [6.07, 6.45) is 5.37. The Labute approximate surface area is 249 Å². The minimum atomic E-state index is -0.497. The van der Waals surface area contributed by atoms with Crippen molar-refractivity contribution in [3.8, 4) is 16.9 Å². The fourth-order valence-electron chi connectivity index (χ4n) is 5.31. The van der Waals surface area contributed by atoms with E-state index in [1.54, 1.807) is 18.3 Å². The molecule has 11 heteroatoms. The number of nitrogens with one attached hydrogen (secondary N) is 1. The minimum absolute atomic E-state index is 0.0268. The van der Waals surface area contributed by atoms with Crippen LogP contribution in [0, 0.1) is 11.7 Å². The van der Waals surface area contributed by atoms with Crippen molar-refractivity contribution < 1.29 is 9.13 Å². The zero-order valence-corrected chi connectivity index (χ0v) is 24.7. The summed E-state index contributed by atoms with van der Waals surface area (Å²) in [5.41, 5.74) is 14.4. The van der Waals surface area contributed by atoms with Gasteiger partial charge in [0, 0.05) is 42.5 Å². The van der Waals surface area contributed by atoms with E-state index in [2.05, 4.69) is 33.7 Å². The molecule has 42 heavy (non-hydrogen) atoms. The first kappa shape index (κ1) is 29.6. The van der Waals surface area contributed by atoms with Crippen LogP contribution >= 0.6 is 11.6 Å². The van der Waals surface area contributed by atoms with Gasteiger partial charge in [0.15, 0.2) is 11.8 Å². The van der Waals surface area contributed by atoms with Gasteiger partial charge in [-0.2, -0.15) is 4.98 Å². The number of halogens is 2. The molecule has 222 valence electrons. The number of fused-ring (bicyclic) bond motifs is 1. The van der Waals surface area contributed by atoms with Crippen molar-refractivity contribution in [1.29, 1.82) is 0 Å². The lowest BCUT2D eigenvalue weighted by Crippen LogP contribution is -2.42. The van der Waals surface area contributed by atoms with E-state index in [0.29, 0.717) is 47.0 Å². The highest BCUT2D eigenvalue weighted by Gasteiger charge is 2.21. The van der Waals surface area contributed by atoms with E-state index >= 15 is 4.39 Å². The lowest BCUT2D eigenvalue weighted by Gasteiger charge is -2.34. The van der Waals surface area contributed by atoms with Crippen LogP contribution in [-0.4, -0.2) is 52.8 Å². The third kappa shape index (κ3) is 6.94. The molecule has 0 spiro atoms. The number of aromatic amines is 1. The molecule has 2 aromatic heterocycles. The SMILES string of the molecule is CC(C)CCCc1cc(Cl)c(F)c(-c2cc3cn(-c4ccc(N5CCOC(CCN=C(N)N)C5)cc4)c(=O)nc3[nH]2)c1. The third-order valence-electron chi connectivity index (χ3n) is 7.51. The van der Waals surface area contributed by atoms with Crippen LogP contribution < -0.4 is 22.1 Å². The third-order valence-corrected chi connectivity index (χ3v) is 7.79. The Hall–Kier alpha value is -3.89. The van der Waals surface area contributed by atoms with Crippen molar-refractivity contribution >= 4 is 34.3 Å². The van der Waals surface area contributed by atoms with Gasteiger partial charge in [-0.15, -0.1) is 0 Å². The number of rotatable bonds is 10. The molecular formula is C31H37ClFN7O2. The fourth-order valence-corrected chi connectivity index (χ4v) is 5.56. The molecule has 3 heterocycles. The molecule has 1 saturated heterocycles. The summed E-state index contributed by atoms with van der Waals surface area (Å²) < 4.78 is 22.5. The molecule has 1 atom stereocenters. The summed E-state index contributed by atoms with van der Waals surface area (Å²) in [6, 6.07) is 13.1. The number of morpholine rings is 1. The maximum Gasteiger partial charge on any atom is 0.354 e. The Morgan fingerprint density at radius 3 is 2.71 bits per heavy atom. The quantitative estimate of drug-likeness (QED) is 0.175. The predicted octanol–water partition coefficient (Wildman–Crippen LogP) is 5.02. The summed E-state index contributed by atoms with van der Waals surface area (Å²) in [5, 5.41) is 0.768. The molecule has 0 amide bonds. The molecule has 2 aromatic carbocycles. The molecule has 1 fully saturated rings. The lowest BCUT2D eigenvalue weighted by atomic mass is 10.00. The number of hydrogen-bond acceptors (Lipinski definition) is 5. The van der Waals surface area contributed by atoms with Crippen LogP contribution in [0.2, 0.25) is 5.02 Å². The topological polar surface area (TPSA) is 128 Å². The Balaban J connectivity index is 1.35. The zero-order chi connectivity index (χ0) is 29.8. The van der Waals surface area contributed by atoms with Gasteiger partial charge in [-0.25, -0.2) is 9.18 Å². The van der Waals surface area contributed by atoms with Crippen LogP contribution in [0.25, 0.3) is 28.0 Å². The van der Waals surface area contributed by atoms with Gasteiger partial charge in [-0.05, 0) is 73.2 Å². The van der Waals surface area contributed by atoms with E-state index in [4.69, 9.17) is 27.8 Å². The second-order valence-electron chi connectivity index (χ2n) is 11.2. The largest absolute Gasteiger partial charge is 0.374 e. The molecule has 0 radical (unpaired) electrons. The fraction of sp³-hybridized carbons (Fsp3) is 0.387. The molecule has 1 aliphatic rings. The van der Waals surface area contributed by atoms with E-state index < -0.39 is 11.5 Å². The monoisotopic (exact) mass is 593 g/mol. The van der Waals surface area contributed by atoms with E-state index in [1.807, 2.05) is 30.3 Å². The number of ether oxygens (including phenoxy) is 1. The summed E-state index contributed by atoms with van der Waals surface area (Å²) in [7, 11) is 0. The zero-order valence-electron chi connectivity index (χ0n) is 23.9. The minimum Gasteiger partial charge on any atom is -0.374 e. The first-order chi connectivity index (χ1) is 20.2. The maximum atomic E-state index is 15.1. The smallest absolute Gasteiger partial charge is 0.354 e. The molecule has 9 nitrogen and oxygen atoms in total. The number of aliphatic imine (C=N–C) groups is 1. The second-order valence-corrected chi connectivity index (χ2v) is 11.6. The van der Waals surface area contributed by atoms with E-state index in [0.717, 1.165) is 50.0 Å². The number of hydrogen-bond donors (Lipinski definition) is 3. The summed E-state index contributed by atoms with van der Waals surface area (Å²) in [4.78, 5) is 26.6. The number of H-pyrrole nitrogens is 1. The van der Waals surface area contributed by atoms with Crippen molar-refractivity contribution in [1.82, 2.24) is 14.5 Å². The molecule has 1 aliphatic heterocycles. The van der Waals surface area contributed by atoms with Crippen molar-refractivity contribution in [2.24, 2.45) is 22.4 Å². The first-order valence-electron chi connectivity index (χ1n) is 14.3. The molecule has 5 rings (SSSR count). The molecular weight excluding hydrogens is 557 g/mol. The van der Waals surface area contributed by atoms with Gasteiger partial charge in [0.05, 0.1) is 29.1 Å². The van der Waals surface area contributed by atoms with Crippen molar-refractivity contribution in [3.63, 3.8) is 0 Å². The number of guanidine groups is 1. The van der Waals surface area contributed by atoms with Crippen molar-refractivity contribution in [3.05, 3.63) is 75.5 Å². The highest BCUT2D eigenvalue weighted by Crippen LogP contribution is 2.31. The standard InChI is InChI=1S/C31H37ClFN7O2/c1-19(2)4-3-5-20-14-25(28(33)26(32)15-20)27-16-21-17-40(31(41)38-29(21)37-27)23-8-6-22(7-9-23)39-12-13-42-24(18-39)10-11-36-30(34)35/h6-9,14-17,19,24H,3-5,10-13,18H2,1-2H3,(H4,34,35,36)(H,37,38,41). The van der Waals surface area contributed by atoms with Crippen LogP contribution in [0.4, 0.5) is 10.1 Å². The van der Waals surface area contributed by atoms with Gasteiger partial charge in [0.2, 0.25) is 0 Å². The number of nitrogens with zero attached hydrogens (tertiary/aromatic N) is 4. The number of aromatic nitrogens is 3. The van der Waals surface area contributed by atoms with E-state index in [9.17, 15) is 4.79 Å². The highest BCUT2D eigenvalue weighted by atomic mass is 35.5. The van der Waals surface area contributed by atoms with Crippen LogP contribution in [0.3, 0.4) is 0 Å².